The van der Waals surface area contributed by atoms with E-state index in [1.54, 1.807) is 4.90 Å². The third-order valence-electron chi connectivity index (χ3n) is 4.37. The van der Waals surface area contributed by atoms with Crippen LogP contribution in [-0.4, -0.2) is 34.2 Å². The minimum Gasteiger partial charge on any atom is -0.336 e. The highest BCUT2D eigenvalue weighted by Gasteiger charge is 2.40. The van der Waals surface area contributed by atoms with Gasteiger partial charge in [0.1, 0.15) is 0 Å². The van der Waals surface area contributed by atoms with Crippen LogP contribution in [0.25, 0.3) is 0 Å². The summed E-state index contributed by atoms with van der Waals surface area (Å²) >= 11 is -0.207. The van der Waals surface area contributed by atoms with E-state index in [0.717, 1.165) is 50.9 Å². The van der Waals surface area contributed by atoms with Gasteiger partial charge in [0, 0.05) is 12.1 Å². The highest BCUT2D eigenvalue weighted by Crippen LogP contribution is 2.37. The molecule has 2 aliphatic carbocycles. The van der Waals surface area contributed by atoms with E-state index in [-0.39, 0.29) is 29.8 Å². The van der Waals surface area contributed by atoms with Crippen LogP contribution in [0.3, 0.4) is 0 Å². The average molecular weight is 309 g/mol. The average Bonchev–Trinajstić information content (AvgIpc) is 3.21. The van der Waals surface area contributed by atoms with E-state index in [2.05, 4.69) is 6.92 Å². The van der Waals surface area contributed by atoms with Crippen molar-refractivity contribution in [2.24, 2.45) is 5.92 Å². The zero-order chi connectivity index (χ0) is 14.8. The minimum absolute atomic E-state index is 0.173. The minimum atomic E-state index is -4.31. The number of hydrogen-bond acceptors (Lipinski definition) is 2. The molecule has 0 saturated heterocycles. The van der Waals surface area contributed by atoms with E-state index >= 15 is 0 Å². The van der Waals surface area contributed by atoms with Crippen molar-refractivity contribution in [2.45, 2.75) is 69.5 Å². The fourth-order valence-electron chi connectivity index (χ4n) is 3.11. The monoisotopic (exact) mass is 309 g/mol. The predicted octanol–water partition coefficient (Wildman–Crippen LogP) is 4.20. The summed E-state index contributed by atoms with van der Waals surface area (Å²) in [5, 5.41) is 0. The molecule has 0 spiro atoms. The lowest BCUT2D eigenvalue weighted by atomic mass is 9.84. The Morgan fingerprint density at radius 1 is 1.10 bits per heavy atom. The molecule has 0 unspecified atom stereocenters. The van der Waals surface area contributed by atoms with Crippen molar-refractivity contribution >= 4 is 17.7 Å². The van der Waals surface area contributed by atoms with Crippen molar-refractivity contribution in [3.8, 4) is 0 Å². The van der Waals surface area contributed by atoms with Crippen LogP contribution in [0.4, 0.5) is 13.2 Å². The van der Waals surface area contributed by atoms with Crippen molar-refractivity contribution in [3.63, 3.8) is 0 Å². The van der Waals surface area contributed by atoms with Gasteiger partial charge in [0.25, 0.3) is 0 Å². The number of alkyl halides is 3. The number of hydrogen-bond donors (Lipinski definition) is 0. The number of thioether (sulfide) groups is 1. The Morgan fingerprint density at radius 3 is 2.00 bits per heavy atom. The number of nitrogens with zero attached hydrogens (tertiary/aromatic N) is 1. The number of rotatable bonds is 5. The largest absolute Gasteiger partial charge is 0.442 e. The number of carbonyl (C=O) groups is 1. The fraction of sp³-hybridized carbons (Fsp3) is 0.929. The van der Waals surface area contributed by atoms with Gasteiger partial charge in [-0.25, -0.2) is 0 Å². The molecule has 2 rings (SSSR count). The van der Waals surface area contributed by atoms with E-state index in [0.29, 0.717) is 0 Å². The van der Waals surface area contributed by atoms with Crippen LogP contribution in [0.1, 0.15) is 51.9 Å². The van der Waals surface area contributed by atoms with Gasteiger partial charge in [-0.1, -0.05) is 13.3 Å². The van der Waals surface area contributed by atoms with Gasteiger partial charge in [-0.3, -0.25) is 4.79 Å². The van der Waals surface area contributed by atoms with Gasteiger partial charge >= 0.3 is 5.51 Å². The predicted molar refractivity (Wildman–Crippen MR) is 74.4 cm³/mol. The maximum absolute atomic E-state index is 12.2. The Bertz CT molecular complexity index is 336. The molecular formula is C14H22F3NOS. The van der Waals surface area contributed by atoms with Crippen LogP contribution < -0.4 is 0 Å². The topological polar surface area (TPSA) is 20.3 Å². The molecule has 0 aromatic heterocycles. The van der Waals surface area contributed by atoms with Crippen molar-refractivity contribution in [1.29, 1.82) is 0 Å². The molecule has 2 saturated carbocycles. The van der Waals surface area contributed by atoms with Gasteiger partial charge in [0.05, 0.1) is 5.75 Å². The molecule has 2 aliphatic rings. The summed E-state index contributed by atoms with van der Waals surface area (Å²) in [4.78, 5) is 13.9. The Kier molecular flexibility index (Phi) is 5.26. The molecule has 2 fully saturated rings. The molecule has 0 bridgehead atoms. The van der Waals surface area contributed by atoms with Crippen LogP contribution >= 0.6 is 11.8 Å². The second-order valence-electron chi connectivity index (χ2n) is 5.85. The molecule has 116 valence electrons. The maximum atomic E-state index is 12.2. The summed E-state index contributed by atoms with van der Waals surface area (Å²) in [7, 11) is 0. The number of amides is 1. The molecular weight excluding hydrogens is 287 g/mol. The lowest BCUT2D eigenvalue weighted by Crippen LogP contribution is -2.45. The summed E-state index contributed by atoms with van der Waals surface area (Å²) in [5.41, 5.74) is -4.31. The smallest absolute Gasteiger partial charge is 0.336 e. The van der Waals surface area contributed by atoms with Gasteiger partial charge in [-0.2, -0.15) is 13.2 Å². The molecule has 0 N–H and O–H groups in total. The molecule has 0 aliphatic heterocycles. The van der Waals surface area contributed by atoms with E-state index in [9.17, 15) is 18.0 Å². The first kappa shape index (κ1) is 16.0. The summed E-state index contributed by atoms with van der Waals surface area (Å²) in [6.45, 7) is 2.18. The van der Waals surface area contributed by atoms with Gasteiger partial charge in [0.2, 0.25) is 5.91 Å². The van der Waals surface area contributed by atoms with Crippen molar-refractivity contribution in [1.82, 2.24) is 4.90 Å². The van der Waals surface area contributed by atoms with Crippen LogP contribution in [-0.2, 0) is 4.79 Å². The van der Waals surface area contributed by atoms with Crippen LogP contribution in [0.5, 0.6) is 0 Å². The SMILES string of the molecule is CCC1CCC(N(C(=O)CSC(F)(F)F)C2CC2)CC1. The van der Waals surface area contributed by atoms with Gasteiger partial charge < -0.3 is 4.90 Å². The molecule has 0 aromatic carbocycles. The van der Waals surface area contributed by atoms with Crippen molar-refractivity contribution in [2.75, 3.05) is 5.75 Å². The quantitative estimate of drug-likeness (QED) is 0.758. The molecule has 0 heterocycles. The van der Waals surface area contributed by atoms with Crippen molar-refractivity contribution < 1.29 is 18.0 Å². The van der Waals surface area contributed by atoms with E-state index in [1.165, 1.54) is 0 Å². The summed E-state index contributed by atoms with van der Waals surface area (Å²) in [6, 6.07) is 0.381. The highest BCUT2D eigenvalue weighted by atomic mass is 32.2. The maximum Gasteiger partial charge on any atom is 0.442 e. The zero-order valence-corrected chi connectivity index (χ0v) is 12.6. The normalized spacial score (nSPS) is 27.4. The van der Waals surface area contributed by atoms with E-state index < -0.39 is 11.3 Å². The Morgan fingerprint density at radius 2 is 1.60 bits per heavy atom. The molecule has 6 heteroatoms. The van der Waals surface area contributed by atoms with Gasteiger partial charge in [-0.05, 0) is 56.2 Å². The van der Waals surface area contributed by atoms with Crippen molar-refractivity contribution in [3.05, 3.63) is 0 Å². The Balaban J connectivity index is 1.89. The van der Waals surface area contributed by atoms with Crippen LogP contribution in [0.15, 0.2) is 0 Å². The fourth-order valence-corrected chi connectivity index (χ4v) is 3.54. The molecule has 0 radical (unpaired) electrons. The Hall–Kier alpha value is -0.390. The first-order valence-electron chi connectivity index (χ1n) is 7.42. The molecule has 1 amide bonds. The lowest BCUT2D eigenvalue weighted by molar-refractivity contribution is -0.132. The van der Waals surface area contributed by atoms with Crippen LogP contribution in [0.2, 0.25) is 0 Å². The first-order chi connectivity index (χ1) is 9.40. The highest BCUT2D eigenvalue weighted by molar-refractivity contribution is 8.00. The summed E-state index contributed by atoms with van der Waals surface area (Å²) in [6.07, 6.45) is 7.18. The lowest BCUT2D eigenvalue weighted by Gasteiger charge is -2.37. The molecule has 20 heavy (non-hydrogen) atoms. The standard InChI is InChI=1S/C14H22F3NOS/c1-2-10-3-5-11(6-4-10)18(12-7-8-12)13(19)9-20-14(15,16)17/h10-12H,2-9H2,1H3. The Labute approximate surface area is 122 Å². The molecule has 0 aromatic rings. The summed E-state index contributed by atoms with van der Waals surface area (Å²) in [5.74, 6) is -0.0602. The second kappa shape index (κ2) is 6.58. The van der Waals surface area contributed by atoms with Gasteiger partial charge in [-0.15, -0.1) is 0 Å². The van der Waals surface area contributed by atoms with E-state index in [1.807, 2.05) is 0 Å². The van der Waals surface area contributed by atoms with Gasteiger partial charge in [0.15, 0.2) is 0 Å². The second-order valence-corrected chi connectivity index (χ2v) is 6.89. The number of carbonyl (C=O) groups excluding carboxylic acids is 1. The van der Waals surface area contributed by atoms with E-state index in [4.69, 9.17) is 0 Å². The third-order valence-corrected chi connectivity index (χ3v) is 5.09. The third kappa shape index (κ3) is 4.57. The van der Waals surface area contributed by atoms with Crippen LogP contribution in [0, 0.1) is 5.92 Å². The molecule has 2 nitrogen and oxygen atoms in total. The summed E-state index contributed by atoms with van der Waals surface area (Å²) < 4.78 is 36.7. The zero-order valence-electron chi connectivity index (χ0n) is 11.8. The number of halogens is 3. The first-order valence-corrected chi connectivity index (χ1v) is 8.41. The molecule has 0 atom stereocenters.